The summed E-state index contributed by atoms with van der Waals surface area (Å²) in [5.41, 5.74) is 4.52. The Labute approximate surface area is 128 Å². The standard InChI is InChI=1S/C19H27NO/c1-19(2)10-9-17(13-19)20-18(21)12-14-7-8-15-5-3-4-6-16(15)11-14/h7-8,11,17H,3-6,9-10,12-13H2,1-2H3,(H,20,21). The smallest absolute Gasteiger partial charge is 0.224 e. The lowest BCUT2D eigenvalue weighted by molar-refractivity contribution is -0.121. The molecule has 1 saturated carbocycles. The van der Waals surface area contributed by atoms with Crippen molar-refractivity contribution in [2.45, 2.75) is 71.3 Å². The summed E-state index contributed by atoms with van der Waals surface area (Å²) >= 11 is 0. The van der Waals surface area contributed by atoms with Gasteiger partial charge in [-0.25, -0.2) is 0 Å². The van der Waals surface area contributed by atoms with Crippen LogP contribution < -0.4 is 5.32 Å². The first-order chi connectivity index (χ1) is 10.0. The minimum atomic E-state index is 0.188. The average Bonchev–Trinajstić information content (AvgIpc) is 2.77. The molecule has 0 saturated heterocycles. The van der Waals surface area contributed by atoms with Gasteiger partial charge in [0, 0.05) is 6.04 Å². The van der Waals surface area contributed by atoms with Crippen LogP contribution in [0.25, 0.3) is 0 Å². The molecule has 2 nitrogen and oxygen atoms in total. The summed E-state index contributed by atoms with van der Waals surface area (Å²) < 4.78 is 0. The predicted octanol–water partition coefficient (Wildman–Crippen LogP) is 3.80. The van der Waals surface area contributed by atoms with Gasteiger partial charge in [0.2, 0.25) is 5.91 Å². The number of hydrogen-bond acceptors (Lipinski definition) is 1. The maximum Gasteiger partial charge on any atom is 0.224 e. The molecule has 0 bridgehead atoms. The van der Waals surface area contributed by atoms with Crippen LogP contribution in [0.3, 0.4) is 0 Å². The lowest BCUT2D eigenvalue weighted by Crippen LogP contribution is -2.34. The number of carbonyl (C=O) groups is 1. The molecule has 1 fully saturated rings. The molecule has 114 valence electrons. The second-order valence-electron chi connectivity index (χ2n) is 7.66. The topological polar surface area (TPSA) is 29.1 Å². The van der Waals surface area contributed by atoms with Crippen molar-refractivity contribution in [3.63, 3.8) is 0 Å². The van der Waals surface area contributed by atoms with Gasteiger partial charge in [0.05, 0.1) is 6.42 Å². The minimum absolute atomic E-state index is 0.188. The quantitative estimate of drug-likeness (QED) is 0.899. The molecule has 21 heavy (non-hydrogen) atoms. The van der Waals surface area contributed by atoms with Crippen molar-refractivity contribution in [2.75, 3.05) is 0 Å². The maximum atomic E-state index is 12.2. The zero-order valence-electron chi connectivity index (χ0n) is 13.4. The van der Waals surface area contributed by atoms with Gasteiger partial charge in [-0.3, -0.25) is 4.79 Å². The number of rotatable bonds is 3. The Kier molecular flexibility index (Phi) is 4.05. The summed E-state index contributed by atoms with van der Waals surface area (Å²) in [6.07, 6.45) is 8.98. The molecule has 2 aliphatic carbocycles. The third-order valence-electron chi connectivity index (χ3n) is 5.11. The van der Waals surface area contributed by atoms with Crippen molar-refractivity contribution in [1.29, 1.82) is 0 Å². The highest BCUT2D eigenvalue weighted by atomic mass is 16.1. The molecule has 2 heteroatoms. The predicted molar refractivity (Wildman–Crippen MR) is 86.4 cm³/mol. The van der Waals surface area contributed by atoms with Gasteiger partial charge in [-0.15, -0.1) is 0 Å². The van der Waals surface area contributed by atoms with Gasteiger partial charge in [-0.2, -0.15) is 0 Å². The average molecular weight is 285 g/mol. The second kappa shape index (κ2) is 5.82. The molecular weight excluding hydrogens is 258 g/mol. The highest BCUT2D eigenvalue weighted by Gasteiger charge is 2.31. The molecule has 1 aromatic carbocycles. The maximum absolute atomic E-state index is 12.2. The molecule has 1 unspecified atom stereocenters. The first-order valence-corrected chi connectivity index (χ1v) is 8.42. The Morgan fingerprint density at radius 2 is 2.00 bits per heavy atom. The zero-order chi connectivity index (χ0) is 14.9. The van der Waals surface area contributed by atoms with Crippen LogP contribution in [0.2, 0.25) is 0 Å². The van der Waals surface area contributed by atoms with Gasteiger partial charge in [0.15, 0.2) is 0 Å². The number of nitrogens with one attached hydrogen (secondary N) is 1. The summed E-state index contributed by atoms with van der Waals surface area (Å²) in [6.45, 7) is 4.59. The van der Waals surface area contributed by atoms with Crippen LogP contribution in [0, 0.1) is 5.41 Å². The van der Waals surface area contributed by atoms with Crippen molar-refractivity contribution < 1.29 is 4.79 Å². The Balaban J connectivity index is 1.58. The normalized spacial score (nSPS) is 23.6. The number of aryl methyl sites for hydroxylation is 2. The highest BCUT2D eigenvalue weighted by Crippen LogP contribution is 2.36. The van der Waals surface area contributed by atoms with E-state index in [0.717, 1.165) is 12.8 Å². The lowest BCUT2D eigenvalue weighted by Gasteiger charge is -2.18. The number of carbonyl (C=O) groups excluding carboxylic acids is 1. The first-order valence-electron chi connectivity index (χ1n) is 8.42. The molecule has 1 N–H and O–H groups in total. The van der Waals surface area contributed by atoms with Crippen molar-refractivity contribution in [3.05, 3.63) is 34.9 Å². The SMILES string of the molecule is CC1(C)CCC(NC(=O)Cc2ccc3c(c2)CCCC3)C1. The molecule has 1 amide bonds. The fourth-order valence-corrected chi connectivity index (χ4v) is 3.92. The summed E-state index contributed by atoms with van der Waals surface area (Å²) in [5, 5.41) is 3.22. The largest absolute Gasteiger partial charge is 0.353 e. The van der Waals surface area contributed by atoms with Crippen LogP contribution >= 0.6 is 0 Å². The van der Waals surface area contributed by atoms with Crippen LogP contribution in [0.15, 0.2) is 18.2 Å². The van der Waals surface area contributed by atoms with Crippen molar-refractivity contribution in [1.82, 2.24) is 5.32 Å². The summed E-state index contributed by atoms with van der Waals surface area (Å²) in [4.78, 5) is 12.2. The van der Waals surface area contributed by atoms with Crippen molar-refractivity contribution >= 4 is 5.91 Å². The summed E-state index contributed by atoms with van der Waals surface area (Å²) in [7, 11) is 0. The van der Waals surface area contributed by atoms with E-state index < -0.39 is 0 Å². The molecule has 0 heterocycles. The second-order valence-corrected chi connectivity index (χ2v) is 7.66. The minimum Gasteiger partial charge on any atom is -0.353 e. The van der Waals surface area contributed by atoms with E-state index in [1.807, 2.05) is 0 Å². The van der Waals surface area contributed by atoms with Crippen LogP contribution in [0.5, 0.6) is 0 Å². The number of hydrogen-bond donors (Lipinski definition) is 1. The van der Waals surface area contributed by atoms with Crippen molar-refractivity contribution in [2.24, 2.45) is 5.41 Å². The van der Waals surface area contributed by atoms with Crippen LogP contribution in [-0.2, 0) is 24.1 Å². The van der Waals surface area contributed by atoms with E-state index >= 15 is 0 Å². The van der Waals surface area contributed by atoms with Gasteiger partial charge in [-0.05, 0) is 67.1 Å². The monoisotopic (exact) mass is 285 g/mol. The van der Waals surface area contributed by atoms with Gasteiger partial charge in [-0.1, -0.05) is 32.0 Å². The molecule has 0 aliphatic heterocycles. The molecule has 2 aliphatic rings. The Hall–Kier alpha value is -1.31. The zero-order valence-corrected chi connectivity index (χ0v) is 13.4. The molecule has 1 atom stereocenters. The van der Waals surface area contributed by atoms with Gasteiger partial charge >= 0.3 is 0 Å². The Morgan fingerprint density at radius 1 is 1.24 bits per heavy atom. The van der Waals surface area contributed by atoms with E-state index in [4.69, 9.17) is 0 Å². The van der Waals surface area contributed by atoms with E-state index in [1.54, 1.807) is 0 Å². The number of fused-ring (bicyclic) bond motifs is 1. The fourth-order valence-electron chi connectivity index (χ4n) is 3.92. The van der Waals surface area contributed by atoms with E-state index in [2.05, 4.69) is 37.4 Å². The van der Waals surface area contributed by atoms with Gasteiger partial charge < -0.3 is 5.32 Å². The Bertz CT molecular complexity index is 532. The third-order valence-corrected chi connectivity index (χ3v) is 5.11. The molecule has 0 spiro atoms. The molecule has 3 rings (SSSR count). The summed E-state index contributed by atoms with van der Waals surface area (Å²) in [6, 6.07) is 7.01. The Morgan fingerprint density at radius 3 is 2.71 bits per heavy atom. The molecule has 0 radical (unpaired) electrons. The summed E-state index contributed by atoms with van der Waals surface area (Å²) in [5.74, 6) is 0.188. The van der Waals surface area contributed by atoms with Gasteiger partial charge in [0.1, 0.15) is 0 Å². The molecule has 0 aromatic heterocycles. The highest BCUT2D eigenvalue weighted by molar-refractivity contribution is 5.79. The van der Waals surface area contributed by atoms with E-state index in [-0.39, 0.29) is 5.91 Å². The first kappa shape index (κ1) is 14.6. The molecule has 1 aromatic rings. The van der Waals surface area contributed by atoms with E-state index in [1.165, 1.54) is 48.8 Å². The fraction of sp³-hybridized carbons (Fsp3) is 0.632. The lowest BCUT2D eigenvalue weighted by atomic mass is 9.90. The third kappa shape index (κ3) is 3.66. The van der Waals surface area contributed by atoms with Gasteiger partial charge in [0.25, 0.3) is 0 Å². The van der Waals surface area contributed by atoms with E-state index in [9.17, 15) is 4.79 Å². The number of benzene rings is 1. The number of amides is 1. The van der Waals surface area contributed by atoms with E-state index in [0.29, 0.717) is 17.9 Å². The van der Waals surface area contributed by atoms with Crippen LogP contribution in [-0.4, -0.2) is 11.9 Å². The van der Waals surface area contributed by atoms with Crippen LogP contribution in [0.4, 0.5) is 0 Å². The van der Waals surface area contributed by atoms with Crippen molar-refractivity contribution in [3.8, 4) is 0 Å². The van der Waals surface area contributed by atoms with Crippen LogP contribution in [0.1, 0.15) is 62.6 Å². The molecular formula is C19H27NO.